The molecule has 0 aromatic carbocycles. The van der Waals surface area contributed by atoms with Gasteiger partial charge in [0, 0.05) is 32.4 Å². The number of alkyl halides is 3. The van der Waals surface area contributed by atoms with Crippen molar-refractivity contribution in [2.24, 2.45) is 0 Å². The van der Waals surface area contributed by atoms with Crippen LogP contribution in [-0.2, 0) is 11.0 Å². The molecule has 4 heterocycles. The van der Waals surface area contributed by atoms with Gasteiger partial charge in [0.25, 0.3) is 5.56 Å². The second kappa shape index (κ2) is 9.60. The first-order valence-corrected chi connectivity index (χ1v) is 11.0. The number of rotatable bonds is 4. The number of nitriles is 1. The summed E-state index contributed by atoms with van der Waals surface area (Å²) in [5.41, 5.74) is -2.12. The molecule has 2 fully saturated rings. The van der Waals surface area contributed by atoms with E-state index < -0.39 is 23.3 Å². The van der Waals surface area contributed by atoms with E-state index in [2.05, 4.69) is 16.2 Å². The van der Waals surface area contributed by atoms with Crippen molar-refractivity contribution >= 4 is 23.3 Å². The lowest BCUT2D eigenvalue weighted by molar-refractivity contribution is -0.139. The first-order chi connectivity index (χ1) is 16.2. The fourth-order valence-electron chi connectivity index (χ4n) is 4.36. The predicted octanol–water partition coefficient (Wildman–Crippen LogP) is 2.19. The van der Waals surface area contributed by atoms with Crippen LogP contribution in [0.5, 0.6) is 0 Å². The second-order valence-electron chi connectivity index (χ2n) is 8.17. The Bertz CT molecular complexity index is 1170. The van der Waals surface area contributed by atoms with Crippen LogP contribution < -0.4 is 10.5 Å². The second-order valence-corrected chi connectivity index (χ2v) is 8.60. The Labute approximate surface area is 197 Å². The summed E-state index contributed by atoms with van der Waals surface area (Å²) < 4.78 is 39.4. The van der Waals surface area contributed by atoms with Gasteiger partial charge in [0.1, 0.15) is 17.5 Å². The van der Waals surface area contributed by atoms with Gasteiger partial charge in [-0.2, -0.15) is 23.5 Å². The summed E-state index contributed by atoms with van der Waals surface area (Å²) in [5.74, 6) is 0.375. The molecule has 1 N–H and O–H groups in total. The SMILES string of the molecule is N#Cc1cc(Cl)cnc1N1CCN(C(=O)CN2CCCC2c2cc(C(F)(F)F)c(=O)[nH]n2)CC1. The maximum Gasteiger partial charge on any atom is 0.421 e. The first kappa shape index (κ1) is 24.0. The van der Waals surface area contributed by atoms with Gasteiger partial charge >= 0.3 is 6.18 Å². The fourth-order valence-corrected chi connectivity index (χ4v) is 4.52. The van der Waals surface area contributed by atoms with E-state index in [4.69, 9.17) is 11.6 Å². The number of carbonyl (C=O) groups excluding carboxylic acids is 1. The van der Waals surface area contributed by atoms with E-state index in [1.165, 1.54) is 6.20 Å². The van der Waals surface area contributed by atoms with Gasteiger partial charge in [0.05, 0.1) is 28.9 Å². The molecule has 2 aromatic heterocycles. The van der Waals surface area contributed by atoms with Gasteiger partial charge in [-0.15, -0.1) is 0 Å². The van der Waals surface area contributed by atoms with E-state index in [9.17, 15) is 28.0 Å². The van der Waals surface area contributed by atoms with Crippen LogP contribution in [0.2, 0.25) is 5.02 Å². The van der Waals surface area contributed by atoms with Crippen molar-refractivity contribution in [3.63, 3.8) is 0 Å². The number of anilines is 1. The van der Waals surface area contributed by atoms with E-state index in [1.807, 2.05) is 10.00 Å². The number of halogens is 4. The van der Waals surface area contributed by atoms with Gasteiger partial charge in [-0.3, -0.25) is 14.5 Å². The minimum atomic E-state index is -4.78. The third-order valence-electron chi connectivity index (χ3n) is 6.06. The third-order valence-corrected chi connectivity index (χ3v) is 6.26. The summed E-state index contributed by atoms with van der Waals surface area (Å²) in [7, 11) is 0. The standard InChI is InChI=1S/C21H21ClF3N7O2/c22-14-8-13(10-26)19(27-11-14)31-6-4-30(5-7-31)18(33)12-32-3-1-2-17(32)16-9-15(21(23,24)25)20(34)29-28-16/h8-9,11,17H,1-7,12H2,(H,29,34). The minimum absolute atomic E-state index is 0.0372. The van der Waals surface area contributed by atoms with Gasteiger partial charge in [-0.05, 0) is 31.5 Å². The van der Waals surface area contributed by atoms with Crippen LogP contribution in [0.15, 0.2) is 23.1 Å². The minimum Gasteiger partial charge on any atom is -0.352 e. The highest BCUT2D eigenvalue weighted by Gasteiger charge is 2.37. The Kier molecular flexibility index (Phi) is 6.77. The van der Waals surface area contributed by atoms with E-state index in [0.717, 1.165) is 6.07 Å². The Morgan fingerprint density at radius 2 is 1.97 bits per heavy atom. The first-order valence-electron chi connectivity index (χ1n) is 10.7. The molecule has 0 aliphatic carbocycles. The highest BCUT2D eigenvalue weighted by atomic mass is 35.5. The lowest BCUT2D eigenvalue weighted by Gasteiger charge is -2.36. The number of aromatic amines is 1. The van der Waals surface area contributed by atoms with E-state index >= 15 is 0 Å². The Balaban J connectivity index is 1.40. The largest absolute Gasteiger partial charge is 0.421 e. The van der Waals surface area contributed by atoms with E-state index in [-0.39, 0.29) is 18.1 Å². The molecule has 9 nitrogen and oxygen atoms in total. The van der Waals surface area contributed by atoms with Crippen molar-refractivity contribution in [3.05, 3.63) is 50.5 Å². The number of hydrogen-bond acceptors (Lipinski definition) is 7. The molecule has 1 unspecified atom stereocenters. The zero-order chi connectivity index (χ0) is 24.5. The molecule has 13 heteroatoms. The summed E-state index contributed by atoms with van der Waals surface area (Å²) in [4.78, 5) is 34.1. The van der Waals surface area contributed by atoms with Crippen LogP contribution in [0, 0.1) is 11.3 Å². The zero-order valence-corrected chi connectivity index (χ0v) is 18.7. The maximum absolute atomic E-state index is 13.1. The molecule has 180 valence electrons. The summed E-state index contributed by atoms with van der Waals surface area (Å²) in [6.45, 7) is 2.38. The van der Waals surface area contributed by atoms with Crippen LogP contribution in [0.3, 0.4) is 0 Å². The van der Waals surface area contributed by atoms with Gasteiger partial charge < -0.3 is 9.80 Å². The number of carbonyl (C=O) groups is 1. The molecule has 1 amide bonds. The molecular weight excluding hydrogens is 475 g/mol. The third kappa shape index (κ3) is 5.00. The topological polar surface area (TPSA) is 109 Å². The molecule has 34 heavy (non-hydrogen) atoms. The molecule has 0 bridgehead atoms. The van der Waals surface area contributed by atoms with Crippen molar-refractivity contribution in [1.29, 1.82) is 5.26 Å². The highest BCUT2D eigenvalue weighted by Crippen LogP contribution is 2.33. The van der Waals surface area contributed by atoms with Crippen LogP contribution in [0.25, 0.3) is 0 Å². The molecule has 2 aliphatic rings. The Morgan fingerprint density at radius 3 is 2.65 bits per heavy atom. The van der Waals surface area contributed by atoms with Crippen molar-refractivity contribution in [3.8, 4) is 6.07 Å². The van der Waals surface area contributed by atoms with E-state index in [1.54, 1.807) is 15.9 Å². The van der Waals surface area contributed by atoms with Crippen molar-refractivity contribution in [1.82, 2.24) is 25.0 Å². The number of hydrogen-bond donors (Lipinski definition) is 1. The van der Waals surface area contributed by atoms with Crippen molar-refractivity contribution in [2.45, 2.75) is 25.1 Å². The number of H-pyrrole nitrogens is 1. The summed E-state index contributed by atoms with van der Waals surface area (Å²) in [6, 6.07) is 3.91. The number of amides is 1. The Hall–Kier alpha value is -3.17. The summed E-state index contributed by atoms with van der Waals surface area (Å²) >= 11 is 5.91. The quantitative estimate of drug-likeness (QED) is 0.692. The lowest BCUT2D eigenvalue weighted by atomic mass is 10.1. The molecule has 1 atom stereocenters. The van der Waals surface area contributed by atoms with Crippen LogP contribution in [-0.4, -0.2) is 70.2 Å². The number of piperazine rings is 1. The number of nitrogens with one attached hydrogen (secondary N) is 1. The molecule has 0 radical (unpaired) electrons. The molecule has 2 saturated heterocycles. The number of likely N-dealkylation sites (tertiary alicyclic amines) is 1. The van der Waals surface area contributed by atoms with Crippen molar-refractivity contribution in [2.75, 3.05) is 44.2 Å². The summed E-state index contributed by atoms with van der Waals surface area (Å²) in [5, 5.41) is 15.5. The number of aromatic nitrogens is 3. The van der Waals surface area contributed by atoms with Crippen LogP contribution in [0.4, 0.5) is 19.0 Å². The smallest absolute Gasteiger partial charge is 0.352 e. The molecule has 2 aliphatic heterocycles. The molecular formula is C21H21ClF3N7O2. The van der Waals surface area contributed by atoms with Gasteiger partial charge in [-0.1, -0.05) is 11.6 Å². The zero-order valence-electron chi connectivity index (χ0n) is 18.0. The average molecular weight is 496 g/mol. The van der Waals surface area contributed by atoms with Crippen LogP contribution >= 0.6 is 11.6 Å². The number of pyridine rings is 1. The fraction of sp³-hybridized carbons (Fsp3) is 0.476. The summed E-state index contributed by atoms with van der Waals surface area (Å²) in [6.07, 6.45) is -2.07. The average Bonchev–Trinajstić information content (AvgIpc) is 3.26. The molecule has 4 rings (SSSR count). The highest BCUT2D eigenvalue weighted by molar-refractivity contribution is 6.30. The molecule has 0 saturated carbocycles. The Morgan fingerprint density at radius 1 is 1.24 bits per heavy atom. The monoisotopic (exact) mass is 495 g/mol. The normalized spacial score (nSPS) is 19.3. The predicted molar refractivity (Wildman–Crippen MR) is 116 cm³/mol. The lowest BCUT2D eigenvalue weighted by Crippen LogP contribution is -2.51. The van der Waals surface area contributed by atoms with Gasteiger partial charge in [0.15, 0.2) is 0 Å². The molecule has 2 aromatic rings. The molecule has 0 spiro atoms. The van der Waals surface area contributed by atoms with E-state index in [0.29, 0.717) is 62.0 Å². The van der Waals surface area contributed by atoms with Crippen LogP contribution in [0.1, 0.15) is 35.7 Å². The van der Waals surface area contributed by atoms with Crippen molar-refractivity contribution < 1.29 is 18.0 Å². The van der Waals surface area contributed by atoms with Gasteiger partial charge in [-0.25, -0.2) is 10.1 Å². The van der Waals surface area contributed by atoms with Gasteiger partial charge in [0.2, 0.25) is 5.91 Å². The number of nitrogens with zero attached hydrogens (tertiary/aromatic N) is 6. The maximum atomic E-state index is 13.1.